The Morgan fingerprint density at radius 3 is 2.18 bits per heavy atom. The quantitative estimate of drug-likeness (QED) is 0.809. The van der Waals surface area contributed by atoms with Crippen molar-refractivity contribution in [2.24, 2.45) is 0 Å². The number of carbonyl (C=O) groups is 1. The molecule has 0 spiro atoms. The van der Waals surface area contributed by atoms with E-state index in [9.17, 15) is 13.2 Å². The van der Waals surface area contributed by atoms with Gasteiger partial charge >= 0.3 is 0 Å². The molecular formula is C17H13NO3S. The fourth-order valence-electron chi connectivity index (χ4n) is 2.26. The molecule has 0 atom stereocenters. The topological polar surface area (TPSA) is 63.2 Å². The first-order valence-corrected chi connectivity index (χ1v) is 8.16. The Kier molecular flexibility index (Phi) is 3.65. The summed E-state index contributed by atoms with van der Waals surface area (Å²) in [7, 11) is -3.93. The van der Waals surface area contributed by atoms with E-state index in [-0.39, 0.29) is 4.90 Å². The van der Waals surface area contributed by atoms with Gasteiger partial charge in [-0.1, -0.05) is 54.6 Å². The van der Waals surface area contributed by atoms with Crippen LogP contribution in [0.15, 0.2) is 77.7 Å². The number of carbonyl (C=O) groups excluding carboxylic acids is 1. The lowest BCUT2D eigenvalue weighted by molar-refractivity contribution is 0.0981. The third-order valence-electron chi connectivity index (χ3n) is 3.30. The van der Waals surface area contributed by atoms with Gasteiger partial charge in [0.2, 0.25) is 0 Å². The Bertz CT molecular complexity index is 929. The lowest BCUT2D eigenvalue weighted by Crippen LogP contribution is -2.30. The molecule has 4 nitrogen and oxygen atoms in total. The van der Waals surface area contributed by atoms with Gasteiger partial charge < -0.3 is 0 Å². The van der Waals surface area contributed by atoms with Crippen LogP contribution in [-0.4, -0.2) is 14.3 Å². The maximum absolute atomic E-state index is 12.5. The Balaban J connectivity index is 2.01. The van der Waals surface area contributed by atoms with Crippen molar-refractivity contribution < 1.29 is 13.2 Å². The van der Waals surface area contributed by atoms with Crippen LogP contribution >= 0.6 is 0 Å². The molecule has 0 saturated carbocycles. The predicted molar refractivity (Wildman–Crippen MR) is 85.0 cm³/mol. The van der Waals surface area contributed by atoms with E-state index in [0.717, 1.165) is 5.39 Å². The van der Waals surface area contributed by atoms with Crippen molar-refractivity contribution in [1.29, 1.82) is 0 Å². The fraction of sp³-hybridized carbons (Fsp3) is 0. The van der Waals surface area contributed by atoms with Crippen LogP contribution in [0.1, 0.15) is 10.4 Å². The number of amides is 1. The van der Waals surface area contributed by atoms with Crippen LogP contribution < -0.4 is 4.72 Å². The van der Waals surface area contributed by atoms with Gasteiger partial charge in [-0.25, -0.2) is 13.1 Å². The molecule has 5 heteroatoms. The first-order valence-electron chi connectivity index (χ1n) is 6.68. The van der Waals surface area contributed by atoms with E-state index in [2.05, 4.69) is 4.72 Å². The highest BCUT2D eigenvalue weighted by Crippen LogP contribution is 2.22. The molecule has 3 aromatic rings. The van der Waals surface area contributed by atoms with Gasteiger partial charge in [0.1, 0.15) is 0 Å². The van der Waals surface area contributed by atoms with Gasteiger partial charge in [-0.3, -0.25) is 4.79 Å². The summed E-state index contributed by atoms with van der Waals surface area (Å²) in [5.74, 6) is -0.645. The molecular weight excluding hydrogens is 298 g/mol. The fourth-order valence-corrected chi connectivity index (χ4v) is 3.46. The van der Waals surface area contributed by atoms with Gasteiger partial charge in [-0.15, -0.1) is 0 Å². The van der Waals surface area contributed by atoms with Crippen LogP contribution in [-0.2, 0) is 10.0 Å². The van der Waals surface area contributed by atoms with Gasteiger partial charge in [-0.2, -0.15) is 0 Å². The first kappa shape index (κ1) is 14.3. The van der Waals surface area contributed by atoms with Crippen LogP contribution in [0.2, 0.25) is 0 Å². The molecule has 0 aliphatic rings. The van der Waals surface area contributed by atoms with Gasteiger partial charge in [-0.05, 0) is 23.6 Å². The Morgan fingerprint density at radius 1 is 0.773 bits per heavy atom. The van der Waals surface area contributed by atoms with Crippen molar-refractivity contribution in [1.82, 2.24) is 4.72 Å². The Hall–Kier alpha value is -2.66. The Labute approximate surface area is 128 Å². The first-order chi connectivity index (χ1) is 10.6. The van der Waals surface area contributed by atoms with Crippen LogP contribution in [0.5, 0.6) is 0 Å². The summed E-state index contributed by atoms with van der Waals surface area (Å²) < 4.78 is 27.1. The van der Waals surface area contributed by atoms with E-state index in [0.29, 0.717) is 10.9 Å². The molecule has 3 aromatic carbocycles. The summed E-state index contributed by atoms with van der Waals surface area (Å²) in [4.78, 5) is 12.2. The van der Waals surface area contributed by atoms with Crippen molar-refractivity contribution in [2.45, 2.75) is 4.90 Å². The van der Waals surface area contributed by atoms with Gasteiger partial charge in [0.05, 0.1) is 4.90 Å². The molecule has 0 radical (unpaired) electrons. The van der Waals surface area contributed by atoms with Crippen LogP contribution in [0, 0.1) is 0 Å². The summed E-state index contributed by atoms with van der Waals surface area (Å²) in [6, 6.07) is 20.4. The van der Waals surface area contributed by atoms with Crippen LogP contribution in [0.3, 0.4) is 0 Å². The van der Waals surface area contributed by atoms with Gasteiger partial charge in [0.15, 0.2) is 0 Å². The van der Waals surface area contributed by atoms with Gasteiger partial charge in [0.25, 0.3) is 15.9 Å². The zero-order chi connectivity index (χ0) is 15.6. The SMILES string of the molecule is O=C(NS(=O)(=O)c1cccc2ccccc12)c1ccccc1. The van der Waals surface area contributed by atoms with Crippen molar-refractivity contribution >= 4 is 26.7 Å². The zero-order valence-electron chi connectivity index (χ0n) is 11.6. The number of sulfonamides is 1. The minimum Gasteiger partial charge on any atom is -0.268 e. The summed E-state index contributed by atoms with van der Waals surface area (Å²) in [5.41, 5.74) is 0.298. The number of hydrogen-bond donors (Lipinski definition) is 1. The number of hydrogen-bond acceptors (Lipinski definition) is 3. The van der Waals surface area contributed by atoms with Crippen molar-refractivity contribution in [3.8, 4) is 0 Å². The van der Waals surface area contributed by atoms with E-state index in [1.54, 1.807) is 48.5 Å². The molecule has 0 aromatic heterocycles. The van der Waals surface area contributed by atoms with E-state index < -0.39 is 15.9 Å². The highest BCUT2D eigenvalue weighted by molar-refractivity contribution is 7.90. The second-order valence-corrected chi connectivity index (χ2v) is 6.43. The van der Waals surface area contributed by atoms with E-state index in [1.807, 2.05) is 18.2 Å². The average molecular weight is 311 g/mol. The second-order valence-electron chi connectivity index (χ2n) is 4.78. The summed E-state index contributed by atoms with van der Waals surface area (Å²) >= 11 is 0. The molecule has 0 aliphatic carbocycles. The summed E-state index contributed by atoms with van der Waals surface area (Å²) in [6.45, 7) is 0. The Morgan fingerprint density at radius 2 is 1.41 bits per heavy atom. The molecule has 110 valence electrons. The van der Waals surface area contributed by atoms with Crippen LogP contribution in [0.4, 0.5) is 0 Å². The number of nitrogens with one attached hydrogen (secondary N) is 1. The maximum atomic E-state index is 12.5. The molecule has 1 amide bonds. The second kappa shape index (κ2) is 5.61. The molecule has 0 saturated heterocycles. The van der Waals surface area contributed by atoms with Crippen molar-refractivity contribution in [2.75, 3.05) is 0 Å². The van der Waals surface area contributed by atoms with Crippen LogP contribution in [0.25, 0.3) is 10.8 Å². The maximum Gasteiger partial charge on any atom is 0.264 e. The molecule has 0 heterocycles. The average Bonchev–Trinajstić information content (AvgIpc) is 2.54. The largest absolute Gasteiger partial charge is 0.268 e. The van der Waals surface area contributed by atoms with Crippen molar-refractivity contribution in [3.05, 3.63) is 78.4 Å². The third kappa shape index (κ3) is 2.71. The van der Waals surface area contributed by atoms with E-state index in [4.69, 9.17) is 0 Å². The number of benzene rings is 3. The molecule has 1 N–H and O–H groups in total. The zero-order valence-corrected chi connectivity index (χ0v) is 12.4. The monoisotopic (exact) mass is 311 g/mol. The van der Waals surface area contributed by atoms with E-state index in [1.165, 1.54) is 6.07 Å². The number of rotatable bonds is 3. The molecule has 0 unspecified atom stereocenters. The smallest absolute Gasteiger partial charge is 0.264 e. The molecule has 0 bridgehead atoms. The minimum atomic E-state index is -3.93. The normalized spacial score (nSPS) is 11.3. The summed E-state index contributed by atoms with van der Waals surface area (Å²) in [5, 5.41) is 1.39. The lowest BCUT2D eigenvalue weighted by atomic mass is 10.1. The highest BCUT2D eigenvalue weighted by atomic mass is 32.2. The molecule has 0 fully saturated rings. The third-order valence-corrected chi connectivity index (χ3v) is 4.69. The van der Waals surface area contributed by atoms with Crippen molar-refractivity contribution in [3.63, 3.8) is 0 Å². The summed E-state index contributed by atoms with van der Waals surface area (Å²) in [6.07, 6.45) is 0. The predicted octanol–water partition coefficient (Wildman–Crippen LogP) is 2.96. The minimum absolute atomic E-state index is 0.0925. The highest BCUT2D eigenvalue weighted by Gasteiger charge is 2.20. The molecule has 0 aliphatic heterocycles. The van der Waals surface area contributed by atoms with Gasteiger partial charge in [0, 0.05) is 10.9 Å². The number of fused-ring (bicyclic) bond motifs is 1. The molecule has 22 heavy (non-hydrogen) atoms. The standard InChI is InChI=1S/C17H13NO3S/c19-17(14-8-2-1-3-9-14)18-22(20,21)16-12-6-10-13-7-4-5-11-15(13)16/h1-12H,(H,18,19). The molecule has 3 rings (SSSR count). The lowest BCUT2D eigenvalue weighted by Gasteiger charge is -2.09. The van der Waals surface area contributed by atoms with E-state index >= 15 is 0 Å².